The number of alkyl halides is 3. The first-order chi connectivity index (χ1) is 17.3. The van der Waals surface area contributed by atoms with E-state index in [1.165, 1.54) is 7.11 Å². The van der Waals surface area contributed by atoms with Gasteiger partial charge in [0.2, 0.25) is 0 Å². The second kappa shape index (κ2) is 9.66. The molecule has 0 unspecified atom stereocenters. The molecule has 0 bridgehead atoms. The van der Waals surface area contributed by atoms with E-state index >= 15 is 0 Å². The van der Waals surface area contributed by atoms with Gasteiger partial charge in [0.15, 0.2) is 0 Å². The lowest BCUT2D eigenvalue weighted by Gasteiger charge is -2.37. The predicted molar refractivity (Wildman–Crippen MR) is 128 cm³/mol. The summed E-state index contributed by atoms with van der Waals surface area (Å²) in [5, 5.41) is 6.12. The Balaban J connectivity index is 1.26. The number of nitrogens with zero attached hydrogens (tertiary/aromatic N) is 3. The largest absolute Gasteiger partial charge is 0.487 e. The quantitative estimate of drug-likeness (QED) is 0.329. The van der Waals surface area contributed by atoms with E-state index in [9.17, 15) is 18.0 Å². The van der Waals surface area contributed by atoms with Gasteiger partial charge in [0.1, 0.15) is 23.7 Å². The van der Waals surface area contributed by atoms with Crippen molar-refractivity contribution >= 4 is 16.7 Å². The molecule has 0 N–H and O–H groups in total. The summed E-state index contributed by atoms with van der Waals surface area (Å²) >= 11 is 0. The number of ether oxygens (including phenoxy) is 2. The Hall–Kier alpha value is -3.85. The smallest absolute Gasteiger partial charge is 0.433 e. The van der Waals surface area contributed by atoms with E-state index in [-0.39, 0.29) is 24.2 Å². The minimum Gasteiger partial charge on any atom is -0.487 e. The summed E-state index contributed by atoms with van der Waals surface area (Å²) in [5.74, 6) is 0.321. The number of aromatic nitrogens is 2. The number of para-hydroxylation sites is 1. The first-order valence-corrected chi connectivity index (χ1v) is 11.5. The molecule has 1 saturated heterocycles. The van der Waals surface area contributed by atoms with Gasteiger partial charge in [0, 0.05) is 19.6 Å². The molecule has 0 amide bonds. The number of hydrogen-bond acceptors (Lipinski definition) is 5. The van der Waals surface area contributed by atoms with Gasteiger partial charge in [-0.05, 0) is 52.7 Å². The van der Waals surface area contributed by atoms with Crippen molar-refractivity contribution < 1.29 is 27.4 Å². The lowest BCUT2D eigenvalue weighted by Crippen LogP contribution is -2.49. The minimum atomic E-state index is -4.54. The van der Waals surface area contributed by atoms with E-state index in [1.807, 2.05) is 24.3 Å². The number of carbonyl (C=O) groups is 1. The molecule has 1 aliphatic heterocycles. The third kappa shape index (κ3) is 5.06. The molecular weight excluding hydrogens is 471 g/mol. The topological polar surface area (TPSA) is 56.6 Å². The number of benzene rings is 3. The Bertz CT molecular complexity index is 1380. The molecule has 9 heteroatoms. The third-order valence-electron chi connectivity index (χ3n) is 6.21. The predicted octanol–water partition coefficient (Wildman–Crippen LogP) is 5.23. The number of rotatable bonds is 7. The van der Waals surface area contributed by atoms with E-state index in [1.54, 1.807) is 36.4 Å². The highest BCUT2D eigenvalue weighted by Crippen LogP contribution is 2.32. The van der Waals surface area contributed by atoms with Gasteiger partial charge >= 0.3 is 12.1 Å². The number of methoxy groups -OCH3 is 1. The van der Waals surface area contributed by atoms with Crippen molar-refractivity contribution in [3.63, 3.8) is 0 Å². The van der Waals surface area contributed by atoms with Crippen LogP contribution in [0.5, 0.6) is 5.75 Å². The molecule has 3 aromatic carbocycles. The number of carbonyl (C=O) groups excluding carboxylic acids is 1. The molecule has 0 radical (unpaired) electrons. The molecule has 2 heterocycles. The molecule has 6 nitrogen and oxygen atoms in total. The highest BCUT2D eigenvalue weighted by molar-refractivity contribution is 5.84. The van der Waals surface area contributed by atoms with E-state index in [4.69, 9.17) is 9.47 Å². The third-order valence-corrected chi connectivity index (χ3v) is 6.21. The molecule has 0 aliphatic carbocycles. The summed E-state index contributed by atoms with van der Waals surface area (Å²) in [6.07, 6.45) is -4.54. The Labute approximate surface area is 205 Å². The maximum Gasteiger partial charge on any atom is 0.433 e. The van der Waals surface area contributed by atoms with Crippen LogP contribution in [0.2, 0.25) is 0 Å². The Morgan fingerprint density at radius 3 is 2.44 bits per heavy atom. The molecule has 36 heavy (non-hydrogen) atoms. The van der Waals surface area contributed by atoms with E-state index in [0.717, 1.165) is 33.6 Å². The van der Waals surface area contributed by atoms with Crippen LogP contribution in [-0.2, 0) is 28.9 Å². The van der Waals surface area contributed by atoms with Crippen LogP contribution < -0.4 is 4.74 Å². The van der Waals surface area contributed by atoms with E-state index in [0.29, 0.717) is 24.5 Å². The van der Waals surface area contributed by atoms with Crippen LogP contribution in [0, 0.1) is 5.92 Å². The van der Waals surface area contributed by atoms with Gasteiger partial charge in [0.25, 0.3) is 0 Å². The molecule has 5 rings (SSSR count). The van der Waals surface area contributed by atoms with Crippen molar-refractivity contribution in [3.05, 3.63) is 89.7 Å². The molecule has 1 aliphatic rings. The highest BCUT2D eigenvalue weighted by Gasteiger charge is 2.36. The fraction of sp³-hybridized carbons (Fsp3) is 0.259. The molecule has 1 aromatic heterocycles. The molecular formula is C27H24F3N3O3. The van der Waals surface area contributed by atoms with Crippen molar-refractivity contribution in [2.24, 2.45) is 5.92 Å². The summed E-state index contributed by atoms with van der Waals surface area (Å²) in [6, 6.07) is 20.9. The van der Waals surface area contributed by atoms with E-state index < -0.39 is 11.9 Å². The van der Waals surface area contributed by atoms with Gasteiger partial charge in [-0.2, -0.15) is 18.3 Å². The average Bonchev–Trinajstić information content (AvgIpc) is 3.30. The van der Waals surface area contributed by atoms with Crippen LogP contribution in [0.15, 0.2) is 72.8 Å². The molecule has 186 valence electrons. The van der Waals surface area contributed by atoms with Gasteiger partial charge < -0.3 is 9.47 Å². The van der Waals surface area contributed by atoms with Crippen molar-refractivity contribution in [2.75, 3.05) is 20.2 Å². The fourth-order valence-corrected chi connectivity index (χ4v) is 4.36. The zero-order valence-electron chi connectivity index (χ0n) is 19.5. The van der Waals surface area contributed by atoms with Crippen molar-refractivity contribution in [1.29, 1.82) is 0 Å². The van der Waals surface area contributed by atoms with Crippen LogP contribution in [-0.4, -0.2) is 40.8 Å². The Morgan fingerprint density at radius 2 is 1.72 bits per heavy atom. The maximum atomic E-state index is 13.6. The van der Waals surface area contributed by atoms with Gasteiger partial charge in [0.05, 0.1) is 18.7 Å². The van der Waals surface area contributed by atoms with Crippen molar-refractivity contribution in [3.8, 4) is 11.4 Å². The lowest BCUT2D eigenvalue weighted by atomic mass is 9.99. The van der Waals surface area contributed by atoms with Crippen LogP contribution in [0.3, 0.4) is 0 Å². The summed E-state index contributed by atoms with van der Waals surface area (Å²) in [7, 11) is 1.41. The number of hydrogen-bond donors (Lipinski definition) is 0. The number of halogens is 3. The summed E-state index contributed by atoms with van der Waals surface area (Å²) in [4.78, 5) is 13.7. The van der Waals surface area contributed by atoms with Crippen LogP contribution >= 0.6 is 0 Å². The Kier molecular flexibility index (Phi) is 6.40. The second-order valence-corrected chi connectivity index (χ2v) is 8.81. The molecule has 0 spiro atoms. The van der Waals surface area contributed by atoms with Crippen molar-refractivity contribution in [1.82, 2.24) is 14.7 Å². The highest BCUT2D eigenvalue weighted by atomic mass is 19.4. The second-order valence-electron chi connectivity index (χ2n) is 8.81. The number of esters is 1. The average molecular weight is 496 g/mol. The normalized spacial score (nSPS) is 14.6. The minimum absolute atomic E-state index is 0.0542. The van der Waals surface area contributed by atoms with Gasteiger partial charge in [-0.25, -0.2) is 4.68 Å². The number of likely N-dealkylation sites (tertiary alicyclic amines) is 1. The summed E-state index contributed by atoms with van der Waals surface area (Å²) < 4.78 is 52.2. The van der Waals surface area contributed by atoms with Crippen LogP contribution in [0.4, 0.5) is 13.2 Å². The Morgan fingerprint density at radius 1 is 1.00 bits per heavy atom. The summed E-state index contributed by atoms with van der Waals surface area (Å²) in [5.41, 5.74) is 0.794. The van der Waals surface area contributed by atoms with E-state index in [2.05, 4.69) is 16.1 Å². The molecule has 1 fully saturated rings. The lowest BCUT2D eigenvalue weighted by molar-refractivity contribution is -0.151. The SMILES string of the molecule is COC(=O)C1CN(Cc2ccc3cc(OCc4cc(C(F)(F)F)n(-c5ccccc5)n4)ccc3c2)C1. The monoisotopic (exact) mass is 495 g/mol. The standard InChI is InChI=1S/C27H24F3N3O3/c1-35-26(34)21-15-32(16-21)14-18-7-8-20-12-24(10-9-19(20)11-18)36-17-22-13-25(27(28,29)30)33(31-22)23-5-3-2-4-6-23/h2-13,21H,14-17H2,1H3. The number of fused-ring (bicyclic) bond motifs is 1. The summed E-state index contributed by atoms with van der Waals surface area (Å²) in [6.45, 7) is 2.03. The molecule has 4 aromatic rings. The fourth-order valence-electron chi connectivity index (χ4n) is 4.36. The zero-order valence-corrected chi connectivity index (χ0v) is 19.5. The van der Waals surface area contributed by atoms with Gasteiger partial charge in [-0.15, -0.1) is 0 Å². The first kappa shape index (κ1) is 23.9. The van der Waals surface area contributed by atoms with Crippen LogP contribution in [0.25, 0.3) is 16.5 Å². The van der Waals surface area contributed by atoms with Crippen molar-refractivity contribution in [2.45, 2.75) is 19.3 Å². The molecule has 0 atom stereocenters. The van der Waals surface area contributed by atoms with Gasteiger partial charge in [-0.1, -0.05) is 36.4 Å². The van der Waals surface area contributed by atoms with Crippen LogP contribution in [0.1, 0.15) is 17.0 Å². The van der Waals surface area contributed by atoms with Gasteiger partial charge in [-0.3, -0.25) is 9.69 Å². The first-order valence-electron chi connectivity index (χ1n) is 11.5. The maximum absolute atomic E-state index is 13.6. The molecule has 0 saturated carbocycles. The zero-order chi connectivity index (χ0) is 25.3.